The molecular weight excluding hydrogens is 320 g/mol. The van der Waals surface area contributed by atoms with Crippen molar-refractivity contribution in [1.29, 1.82) is 0 Å². The van der Waals surface area contributed by atoms with Crippen molar-refractivity contribution >= 4 is 11.8 Å². The number of carbonyl (C=O) groups is 2. The lowest BCUT2D eigenvalue weighted by Gasteiger charge is -2.30. The number of likely N-dealkylation sites (tertiary alicyclic amines) is 1. The molecule has 6 heteroatoms. The van der Waals surface area contributed by atoms with Crippen LogP contribution < -0.4 is 9.47 Å². The van der Waals surface area contributed by atoms with Crippen molar-refractivity contribution < 1.29 is 19.1 Å². The van der Waals surface area contributed by atoms with E-state index in [2.05, 4.69) is 6.92 Å². The lowest BCUT2D eigenvalue weighted by atomic mass is 10.1. The van der Waals surface area contributed by atoms with Crippen LogP contribution in [0.1, 0.15) is 45.1 Å². The van der Waals surface area contributed by atoms with Crippen LogP contribution >= 0.6 is 0 Å². The van der Waals surface area contributed by atoms with Gasteiger partial charge >= 0.3 is 0 Å². The van der Waals surface area contributed by atoms with E-state index in [9.17, 15) is 9.59 Å². The maximum Gasteiger partial charge on any atom is 0.245 e. The molecule has 1 atom stereocenters. The minimum atomic E-state index is -0.330. The van der Waals surface area contributed by atoms with Crippen LogP contribution in [0.25, 0.3) is 0 Å². The van der Waals surface area contributed by atoms with Crippen molar-refractivity contribution in [3.8, 4) is 11.5 Å². The highest BCUT2D eigenvalue weighted by Crippen LogP contribution is 2.36. The molecule has 0 aliphatic carbocycles. The molecule has 1 aromatic rings. The normalized spacial score (nSPS) is 18.5. The first-order valence-corrected chi connectivity index (χ1v) is 9.05. The first kappa shape index (κ1) is 17.6. The van der Waals surface area contributed by atoms with Crippen molar-refractivity contribution in [3.05, 3.63) is 23.8 Å². The van der Waals surface area contributed by atoms with Crippen LogP contribution in [0.15, 0.2) is 18.2 Å². The molecule has 2 aliphatic rings. The van der Waals surface area contributed by atoms with Gasteiger partial charge in [-0.05, 0) is 25.3 Å². The van der Waals surface area contributed by atoms with Crippen LogP contribution in [-0.2, 0) is 16.1 Å². The molecule has 1 fully saturated rings. The standard InChI is InChI=1S/C19H26N2O4/c1-3-4-10-20(19(23)16-8-6-11-21(16)14(2)22)12-15-7-5-9-17-18(15)25-13-24-17/h5,7,9,16H,3-4,6,8,10-13H2,1-2H3/t16-/m1/s1. The second kappa shape index (κ2) is 7.76. The average Bonchev–Trinajstić information content (AvgIpc) is 3.26. The van der Waals surface area contributed by atoms with Gasteiger partial charge in [0.05, 0.1) is 0 Å². The summed E-state index contributed by atoms with van der Waals surface area (Å²) >= 11 is 0. The van der Waals surface area contributed by atoms with E-state index in [0.29, 0.717) is 19.6 Å². The summed E-state index contributed by atoms with van der Waals surface area (Å²) in [5, 5.41) is 0. The summed E-state index contributed by atoms with van der Waals surface area (Å²) in [5.74, 6) is 1.47. The average molecular weight is 346 g/mol. The van der Waals surface area contributed by atoms with Crippen LogP contribution in [0.5, 0.6) is 11.5 Å². The molecule has 3 rings (SSSR count). The smallest absolute Gasteiger partial charge is 0.245 e. The van der Waals surface area contributed by atoms with Crippen LogP contribution in [-0.4, -0.2) is 47.5 Å². The summed E-state index contributed by atoms with van der Waals surface area (Å²) in [6.45, 7) is 5.70. The van der Waals surface area contributed by atoms with Gasteiger partial charge in [0, 0.05) is 32.1 Å². The Morgan fingerprint density at radius 1 is 1.32 bits per heavy atom. The monoisotopic (exact) mass is 346 g/mol. The zero-order valence-electron chi connectivity index (χ0n) is 15.0. The van der Waals surface area contributed by atoms with Gasteiger partial charge in [-0.1, -0.05) is 25.5 Å². The zero-order chi connectivity index (χ0) is 17.8. The molecule has 0 unspecified atom stereocenters. The third-order valence-corrected chi connectivity index (χ3v) is 4.87. The molecular formula is C19H26N2O4. The number of ether oxygens (including phenoxy) is 2. The molecule has 0 aromatic heterocycles. The fourth-order valence-electron chi connectivity index (χ4n) is 3.55. The third kappa shape index (κ3) is 3.72. The van der Waals surface area contributed by atoms with Crippen molar-refractivity contribution in [1.82, 2.24) is 9.80 Å². The van der Waals surface area contributed by atoms with E-state index in [1.54, 1.807) is 4.90 Å². The summed E-state index contributed by atoms with van der Waals surface area (Å²) < 4.78 is 11.0. The van der Waals surface area contributed by atoms with E-state index in [-0.39, 0.29) is 24.6 Å². The molecule has 1 aromatic carbocycles. The van der Waals surface area contributed by atoms with E-state index in [4.69, 9.17) is 9.47 Å². The maximum absolute atomic E-state index is 13.1. The summed E-state index contributed by atoms with van der Waals surface area (Å²) in [7, 11) is 0. The first-order valence-electron chi connectivity index (χ1n) is 9.05. The van der Waals surface area contributed by atoms with E-state index < -0.39 is 0 Å². The molecule has 136 valence electrons. The second-order valence-electron chi connectivity index (χ2n) is 6.63. The Bertz CT molecular complexity index is 646. The van der Waals surface area contributed by atoms with Crippen LogP contribution in [0.4, 0.5) is 0 Å². The van der Waals surface area contributed by atoms with E-state index in [1.165, 1.54) is 6.92 Å². The second-order valence-corrected chi connectivity index (χ2v) is 6.63. The van der Waals surface area contributed by atoms with Gasteiger partial charge in [0.1, 0.15) is 6.04 Å². The van der Waals surface area contributed by atoms with Crippen molar-refractivity contribution in [2.24, 2.45) is 0 Å². The number of hydrogen-bond donors (Lipinski definition) is 0. The fourth-order valence-corrected chi connectivity index (χ4v) is 3.55. The Labute approximate surface area is 148 Å². The van der Waals surface area contributed by atoms with Gasteiger partial charge in [0.25, 0.3) is 0 Å². The van der Waals surface area contributed by atoms with Gasteiger partial charge in [0.2, 0.25) is 18.6 Å². The number of hydrogen-bond acceptors (Lipinski definition) is 4. The highest BCUT2D eigenvalue weighted by Gasteiger charge is 2.35. The molecule has 2 amide bonds. The Morgan fingerprint density at radius 2 is 2.16 bits per heavy atom. The molecule has 6 nitrogen and oxygen atoms in total. The molecule has 2 heterocycles. The Kier molecular flexibility index (Phi) is 5.46. The van der Waals surface area contributed by atoms with E-state index in [1.807, 2.05) is 23.1 Å². The number of carbonyl (C=O) groups excluding carboxylic acids is 2. The van der Waals surface area contributed by atoms with Gasteiger partial charge in [0.15, 0.2) is 11.5 Å². The van der Waals surface area contributed by atoms with Gasteiger partial charge in [-0.3, -0.25) is 9.59 Å². The number of para-hydroxylation sites is 1. The van der Waals surface area contributed by atoms with Gasteiger partial charge < -0.3 is 19.3 Å². The number of benzene rings is 1. The number of fused-ring (bicyclic) bond motifs is 1. The zero-order valence-corrected chi connectivity index (χ0v) is 15.0. The summed E-state index contributed by atoms with van der Waals surface area (Å²) in [4.78, 5) is 28.5. The van der Waals surface area contributed by atoms with Gasteiger partial charge in [-0.15, -0.1) is 0 Å². The molecule has 0 bridgehead atoms. The summed E-state index contributed by atoms with van der Waals surface area (Å²) in [5.41, 5.74) is 0.951. The fraction of sp³-hybridized carbons (Fsp3) is 0.579. The maximum atomic E-state index is 13.1. The molecule has 0 spiro atoms. The Hall–Kier alpha value is -2.24. The predicted molar refractivity (Wildman–Crippen MR) is 93.3 cm³/mol. The van der Waals surface area contributed by atoms with Crippen molar-refractivity contribution in [3.63, 3.8) is 0 Å². The molecule has 0 N–H and O–H groups in total. The minimum absolute atomic E-state index is 0.0244. The third-order valence-electron chi connectivity index (χ3n) is 4.87. The molecule has 1 saturated heterocycles. The minimum Gasteiger partial charge on any atom is -0.454 e. The highest BCUT2D eigenvalue weighted by atomic mass is 16.7. The lowest BCUT2D eigenvalue weighted by molar-refractivity contribution is -0.143. The number of amides is 2. The molecule has 2 aliphatic heterocycles. The Balaban J connectivity index is 1.79. The van der Waals surface area contributed by atoms with Crippen molar-refractivity contribution in [2.75, 3.05) is 19.9 Å². The molecule has 25 heavy (non-hydrogen) atoms. The quantitative estimate of drug-likeness (QED) is 0.794. The lowest BCUT2D eigenvalue weighted by Crippen LogP contribution is -2.47. The van der Waals surface area contributed by atoms with Crippen LogP contribution in [0.2, 0.25) is 0 Å². The van der Waals surface area contributed by atoms with Gasteiger partial charge in [-0.25, -0.2) is 0 Å². The topological polar surface area (TPSA) is 59.1 Å². The largest absolute Gasteiger partial charge is 0.454 e. The van der Waals surface area contributed by atoms with Crippen LogP contribution in [0.3, 0.4) is 0 Å². The number of nitrogens with zero attached hydrogens (tertiary/aromatic N) is 2. The van der Waals surface area contributed by atoms with Crippen LogP contribution in [0, 0.1) is 0 Å². The summed E-state index contributed by atoms with van der Waals surface area (Å²) in [6, 6.07) is 5.43. The summed E-state index contributed by atoms with van der Waals surface area (Å²) in [6.07, 6.45) is 3.57. The molecule has 0 radical (unpaired) electrons. The first-order chi connectivity index (χ1) is 12.1. The van der Waals surface area contributed by atoms with Gasteiger partial charge in [-0.2, -0.15) is 0 Å². The highest BCUT2D eigenvalue weighted by molar-refractivity contribution is 5.87. The molecule has 0 saturated carbocycles. The van der Waals surface area contributed by atoms with E-state index >= 15 is 0 Å². The number of rotatable bonds is 6. The van der Waals surface area contributed by atoms with Crippen molar-refractivity contribution in [2.45, 2.75) is 52.1 Å². The predicted octanol–water partition coefficient (Wildman–Crippen LogP) is 2.55. The SMILES string of the molecule is CCCCN(Cc1cccc2c1OCO2)C(=O)[C@H]1CCCN1C(C)=O. The van der Waals surface area contributed by atoms with E-state index in [0.717, 1.165) is 42.7 Å². The Morgan fingerprint density at radius 3 is 2.92 bits per heavy atom. The number of unbranched alkanes of at least 4 members (excludes halogenated alkanes) is 1.